The van der Waals surface area contributed by atoms with Crippen LogP contribution in [-0.2, 0) is 13.0 Å². The van der Waals surface area contributed by atoms with Crippen LogP contribution < -0.4 is 10.6 Å². The minimum absolute atomic E-state index is 0.472. The van der Waals surface area contributed by atoms with Crippen molar-refractivity contribution < 1.29 is 0 Å². The molecule has 0 fully saturated rings. The van der Waals surface area contributed by atoms with Gasteiger partial charge in [0.1, 0.15) is 0 Å². The Hall–Kier alpha value is -1.97. The molecule has 0 amide bonds. The maximum absolute atomic E-state index is 4.31. The first-order valence-corrected chi connectivity index (χ1v) is 16.2. The Morgan fingerprint density at radius 2 is 1.90 bits per heavy atom. The van der Waals surface area contributed by atoms with Crippen LogP contribution in [0.1, 0.15) is 101 Å². The summed E-state index contributed by atoms with van der Waals surface area (Å²) in [5.41, 5.74) is 9.88. The third-order valence-electron chi connectivity index (χ3n) is 7.77. The van der Waals surface area contributed by atoms with Crippen LogP contribution in [0.15, 0.2) is 71.8 Å². The summed E-state index contributed by atoms with van der Waals surface area (Å²) in [6.45, 7) is 28.0. The highest BCUT2D eigenvalue weighted by Gasteiger charge is 2.21. The fraction of sp³-hybridized carbons (Fsp3) is 0.556. The topological polar surface area (TPSA) is 24.1 Å². The van der Waals surface area contributed by atoms with E-state index in [-0.39, 0.29) is 0 Å². The van der Waals surface area contributed by atoms with Crippen molar-refractivity contribution in [3.63, 3.8) is 0 Å². The summed E-state index contributed by atoms with van der Waals surface area (Å²) in [5, 5.41) is 7.35. The molecule has 0 radical (unpaired) electrons. The minimum Gasteiger partial charge on any atom is -0.385 e. The summed E-state index contributed by atoms with van der Waals surface area (Å²) in [4.78, 5) is 1.38. The highest BCUT2D eigenvalue weighted by molar-refractivity contribution is 8.03. The Morgan fingerprint density at radius 1 is 1.15 bits per heavy atom. The van der Waals surface area contributed by atoms with E-state index >= 15 is 0 Å². The summed E-state index contributed by atoms with van der Waals surface area (Å²) in [7, 11) is 0. The predicted octanol–water partition coefficient (Wildman–Crippen LogP) is 9.79. The molecule has 0 spiro atoms. The highest BCUT2D eigenvalue weighted by atomic mass is 32.2. The van der Waals surface area contributed by atoms with Crippen LogP contribution in [0.5, 0.6) is 0 Å². The van der Waals surface area contributed by atoms with Crippen molar-refractivity contribution in [2.75, 3.05) is 18.8 Å². The fourth-order valence-corrected chi connectivity index (χ4v) is 7.12. The van der Waals surface area contributed by atoms with E-state index in [1.165, 1.54) is 66.5 Å². The number of rotatable bonds is 10. The van der Waals surface area contributed by atoms with Gasteiger partial charge in [0.2, 0.25) is 0 Å². The van der Waals surface area contributed by atoms with Gasteiger partial charge >= 0.3 is 0 Å². The van der Waals surface area contributed by atoms with Crippen molar-refractivity contribution in [2.45, 2.75) is 99.0 Å². The third-order valence-corrected chi connectivity index (χ3v) is 8.93. The van der Waals surface area contributed by atoms with Gasteiger partial charge in [-0.2, -0.15) is 0 Å². The van der Waals surface area contributed by atoms with E-state index in [2.05, 4.69) is 89.3 Å². The van der Waals surface area contributed by atoms with Crippen LogP contribution in [0.4, 0.5) is 0 Å². The molecule has 1 aliphatic heterocycles. The van der Waals surface area contributed by atoms with Gasteiger partial charge < -0.3 is 10.6 Å². The molecular weight excluding hydrogens is 492 g/mol. The normalized spacial score (nSPS) is 21.4. The lowest BCUT2D eigenvalue weighted by Crippen LogP contribution is -2.25. The molecule has 2 aliphatic rings. The van der Waals surface area contributed by atoms with Crippen LogP contribution in [-0.4, -0.2) is 18.8 Å². The Kier molecular flexibility index (Phi) is 15.1. The van der Waals surface area contributed by atoms with Crippen molar-refractivity contribution in [2.24, 2.45) is 11.8 Å². The van der Waals surface area contributed by atoms with Crippen molar-refractivity contribution in [3.8, 4) is 0 Å². The van der Waals surface area contributed by atoms with Gasteiger partial charge in [-0.05, 0) is 97.6 Å². The predicted molar refractivity (Wildman–Crippen MR) is 177 cm³/mol. The molecule has 2 N–H and O–H groups in total. The maximum Gasteiger partial charge on any atom is 0.0392 e. The molecule has 1 aliphatic carbocycles. The van der Waals surface area contributed by atoms with E-state index in [0.717, 1.165) is 36.7 Å². The van der Waals surface area contributed by atoms with Gasteiger partial charge in [-0.1, -0.05) is 76.6 Å². The number of aryl methyl sites for hydroxylation is 2. The number of hydrogen-bond donors (Lipinski definition) is 2. The first kappa shape index (κ1) is 33.2. The van der Waals surface area contributed by atoms with Crippen molar-refractivity contribution in [1.29, 1.82) is 0 Å². The number of hydrogen-bond acceptors (Lipinski definition) is 3. The number of allylic oxidation sites excluding steroid dienone is 4. The summed E-state index contributed by atoms with van der Waals surface area (Å²) in [5.74, 6) is 2.67. The molecule has 216 valence electrons. The second-order valence-corrected chi connectivity index (χ2v) is 12.9. The molecular formula is C36H56N2S. The van der Waals surface area contributed by atoms with Gasteiger partial charge in [-0.15, -0.1) is 18.3 Å². The van der Waals surface area contributed by atoms with E-state index in [1.807, 2.05) is 18.7 Å². The largest absolute Gasteiger partial charge is 0.385 e. The molecule has 0 aromatic heterocycles. The second kappa shape index (κ2) is 17.7. The molecule has 1 aromatic carbocycles. The van der Waals surface area contributed by atoms with Crippen molar-refractivity contribution in [3.05, 3.63) is 94.1 Å². The third kappa shape index (κ3) is 11.2. The van der Waals surface area contributed by atoms with Gasteiger partial charge in [-0.25, -0.2) is 0 Å². The van der Waals surface area contributed by atoms with Crippen LogP contribution in [0, 0.1) is 18.8 Å². The summed E-state index contributed by atoms with van der Waals surface area (Å²) >= 11 is 1.97. The Morgan fingerprint density at radius 3 is 2.56 bits per heavy atom. The highest BCUT2D eigenvalue weighted by Crippen LogP contribution is 2.36. The van der Waals surface area contributed by atoms with Crippen molar-refractivity contribution >= 4 is 11.8 Å². The molecule has 0 saturated heterocycles. The summed E-state index contributed by atoms with van der Waals surface area (Å²) in [6, 6.07) is 4.98. The Labute approximate surface area is 245 Å². The van der Waals surface area contributed by atoms with Gasteiger partial charge in [0.05, 0.1) is 0 Å². The first-order chi connectivity index (χ1) is 18.7. The quantitative estimate of drug-likeness (QED) is 0.225. The minimum atomic E-state index is 0.472. The number of nitrogens with one attached hydrogen (secondary N) is 2. The van der Waals surface area contributed by atoms with Gasteiger partial charge in [0.25, 0.3) is 0 Å². The van der Waals surface area contributed by atoms with E-state index in [9.17, 15) is 0 Å². The summed E-state index contributed by atoms with van der Waals surface area (Å²) < 4.78 is 0. The lowest BCUT2D eigenvalue weighted by molar-refractivity contribution is 0.465. The molecule has 1 heterocycles. The van der Waals surface area contributed by atoms with Gasteiger partial charge in [0.15, 0.2) is 0 Å². The zero-order valence-electron chi connectivity index (χ0n) is 25.9. The lowest BCUT2D eigenvalue weighted by Gasteiger charge is -2.26. The molecule has 0 bridgehead atoms. The van der Waals surface area contributed by atoms with Crippen LogP contribution in [0.25, 0.3) is 0 Å². The van der Waals surface area contributed by atoms with E-state index in [4.69, 9.17) is 0 Å². The summed E-state index contributed by atoms with van der Waals surface area (Å²) in [6.07, 6.45) is 15.5. The van der Waals surface area contributed by atoms with Crippen molar-refractivity contribution in [1.82, 2.24) is 10.6 Å². The standard InChI is InChI=1S/C33H50N2S.C3H6/c1-8-9-10-13-28-17-26(6)33(29-14-11-12-24(4)15-29)30(18-28)20-34-21-31-16-25(5)19-35-27(7)32(22-36-31)23(2)3;1-3-2/h15-18,23,29,32,34-35H,5,7-14,19-22H2,1-4,6H3;3H,1H2,2H3/b31-16+;. The second-order valence-electron chi connectivity index (χ2n) is 11.8. The van der Waals surface area contributed by atoms with Crippen LogP contribution >= 0.6 is 11.8 Å². The molecule has 3 rings (SSSR count). The number of benzene rings is 1. The number of unbranched alkanes of at least 4 members (excludes halogenated alkanes) is 2. The van der Waals surface area contributed by atoms with E-state index in [0.29, 0.717) is 17.8 Å². The monoisotopic (exact) mass is 548 g/mol. The molecule has 1 aromatic rings. The zero-order chi connectivity index (χ0) is 28.8. The number of thioether (sulfide) groups is 1. The first-order valence-electron chi connectivity index (χ1n) is 15.2. The molecule has 3 heteroatoms. The van der Waals surface area contributed by atoms with Gasteiger partial charge in [0, 0.05) is 42.9 Å². The van der Waals surface area contributed by atoms with Crippen LogP contribution in [0.2, 0.25) is 0 Å². The van der Waals surface area contributed by atoms with Crippen LogP contribution in [0.3, 0.4) is 0 Å². The molecule has 2 nitrogen and oxygen atoms in total. The molecule has 39 heavy (non-hydrogen) atoms. The SMILES string of the molecule is C=C1/C=C(\CNCc2cc(CCCCC)cc(C)c2C2C=C(C)CCC2)SCC(C(C)C)C(=C)NC1.C=CC. The zero-order valence-corrected chi connectivity index (χ0v) is 26.7. The fourth-order valence-electron chi connectivity index (χ4n) is 5.68. The molecule has 0 saturated carbocycles. The Balaban J connectivity index is 0.00000170. The average molecular weight is 549 g/mol. The maximum atomic E-state index is 4.31. The van der Waals surface area contributed by atoms with Gasteiger partial charge in [-0.3, -0.25) is 0 Å². The van der Waals surface area contributed by atoms with E-state index < -0.39 is 0 Å². The van der Waals surface area contributed by atoms with E-state index in [1.54, 1.807) is 17.2 Å². The average Bonchev–Trinajstić information content (AvgIpc) is 2.94. The smallest absolute Gasteiger partial charge is 0.0392 e. The molecule has 2 atom stereocenters. The molecule has 2 unspecified atom stereocenters. The Bertz CT molecular complexity index is 1010. The lowest BCUT2D eigenvalue weighted by atomic mass is 9.81.